The van der Waals surface area contributed by atoms with Crippen LogP contribution in [0.4, 0.5) is 4.79 Å². The molecule has 0 aliphatic carbocycles. The normalized spacial score (nSPS) is 29.7. The number of carboxylic acid groups (broad SMARTS) is 1. The van der Waals surface area contributed by atoms with Crippen LogP contribution >= 0.6 is 0 Å². The van der Waals surface area contributed by atoms with Crippen molar-refractivity contribution in [2.75, 3.05) is 13.1 Å². The van der Waals surface area contributed by atoms with Crippen LogP contribution in [-0.2, 0) is 9.59 Å². The number of carbonyl (C=O) groups is 3. The Morgan fingerprint density at radius 1 is 1.43 bits per heavy atom. The molecular formula is C14H23N3O4. The molecule has 3 atom stereocenters. The maximum atomic E-state index is 12.3. The summed E-state index contributed by atoms with van der Waals surface area (Å²) in [6.45, 7) is 2.93. The Bertz CT molecular complexity index is 416. The van der Waals surface area contributed by atoms with E-state index in [1.54, 1.807) is 0 Å². The monoisotopic (exact) mass is 297 g/mol. The summed E-state index contributed by atoms with van der Waals surface area (Å²) in [4.78, 5) is 36.2. The van der Waals surface area contributed by atoms with Gasteiger partial charge in [-0.25, -0.2) is 9.59 Å². The van der Waals surface area contributed by atoms with E-state index >= 15 is 0 Å². The van der Waals surface area contributed by atoms with E-state index in [-0.39, 0.29) is 18.0 Å². The van der Waals surface area contributed by atoms with E-state index < -0.39 is 12.0 Å². The number of piperidine rings is 2. The summed E-state index contributed by atoms with van der Waals surface area (Å²) in [6.07, 6.45) is 3.29. The topological polar surface area (TPSA) is 98.7 Å². The van der Waals surface area contributed by atoms with Crippen molar-refractivity contribution < 1.29 is 19.5 Å². The Hall–Kier alpha value is -1.79. The van der Waals surface area contributed by atoms with Gasteiger partial charge in [0.25, 0.3) is 0 Å². The van der Waals surface area contributed by atoms with Gasteiger partial charge in [0.05, 0.1) is 0 Å². The minimum atomic E-state index is -0.944. The molecular weight excluding hydrogens is 274 g/mol. The predicted molar refractivity (Wildman–Crippen MR) is 75.7 cm³/mol. The van der Waals surface area contributed by atoms with Crippen molar-refractivity contribution in [2.24, 2.45) is 5.92 Å². The minimum Gasteiger partial charge on any atom is -0.480 e. The molecule has 2 fully saturated rings. The molecule has 0 bridgehead atoms. The molecule has 21 heavy (non-hydrogen) atoms. The first-order valence-electron chi connectivity index (χ1n) is 7.58. The minimum absolute atomic E-state index is 0.00679. The molecule has 0 spiro atoms. The van der Waals surface area contributed by atoms with Gasteiger partial charge in [-0.05, 0) is 25.2 Å². The lowest BCUT2D eigenvalue weighted by atomic mass is 9.89. The van der Waals surface area contributed by atoms with E-state index in [4.69, 9.17) is 0 Å². The fourth-order valence-corrected chi connectivity index (χ4v) is 3.00. The van der Waals surface area contributed by atoms with Crippen molar-refractivity contribution >= 4 is 17.9 Å². The van der Waals surface area contributed by atoms with Crippen LogP contribution in [0.3, 0.4) is 0 Å². The molecule has 3 amide bonds. The van der Waals surface area contributed by atoms with Gasteiger partial charge < -0.3 is 20.6 Å². The fraction of sp³-hybridized carbons (Fsp3) is 0.786. The van der Waals surface area contributed by atoms with E-state index in [0.717, 1.165) is 12.8 Å². The number of hydrogen-bond acceptors (Lipinski definition) is 3. The van der Waals surface area contributed by atoms with Crippen LogP contribution in [0.2, 0.25) is 0 Å². The molecule has 2 aliphatic heterocycles. The van der Waals surface area contributed by atoms with Gasteiger partial charge >= 0.3 is 12.0 Å². The third-order valence-electron chi connectivity index (χ3n) is 4.43. The Labute approximate surface area is 124 Å². The Kier molecular flexibility index (Phi) is 5.03. The Morgan fingerprint density at radius 3 is 2.76 bits per heavy atom. The first kappa shape index (κ1) is 15.6. The Balaban J connectivity index is 1.93. The summed E-state index contributed by atoms with van der Waals surface area (Å²) in [6, 6.07) is -1.20. The number of urea groups is 1. The predicted octanol–water partition coefficient (Wildman–Crippen LogP) is 0.550. The second kappa shape index (κ2) is 6.78. The molecule has 118 valence electrons. The van der Waals surface area contributed by atoms with Crippen LogP contribution in [0.5, 0.6) is 0 Å². The first-order chi connectivity index (χ1) is 10.0. The van der Waals surface area contributed by atoms with Crippen molar-refractivity contribution in [2.45, 2.75) is 51.1 Å². The maximum Gasteiger partial charge on any atom is 0.326 e. The van der Waals surface area contributed by atoms with Crippen molar-refractivity contribution in [3.05, 3.63) is 0 Å². The van der Waals surface area contributed by atoms with Gasteiger partial charge in [0.1, 0.15) is 6.04 Å². The molecule has 3 unspecified atom stereocenters. The molecule has 7 nitrogen and oxygen atoms in total. The fourth-order valence-electron chi connectivity index (χ4n) is 3.00. The zero-order valence-corrected chi connectivity index (χ0v) is 12.3. The maximum absolute atomic E-state index is 12.3. The van der Waals surface area contributed by atoms with E-state index in [1.165, 1.54) is 4.90 Å². The van der Waals surface area contributed by atoms with Gasteiger partial charge in [-0.1, -0.05) is 13.3 Å². The molecule has 0 aromatic heterocycles. The molecule has 2 rings (SSSR count). The lowest BCUT2D eigenvalue weighted by molar-refractivity contribution is -0.144. The van der Waals surface area contributed by atoms with Crippen molar-refractivity contribution in [3.8, 4) is 0 Å². The molecule has 2 heterocycles. The molecule has 2 aliphatic rings. The van der Waals surface area contributed by atoms with Gasteiger partial charge in [0, 0.05) is 25.6 Å². The number of aliphatic carboxylic acids is 1. The second-order valence-corrected chi connectivity index (χ2v) is 5.84. The number of hydrogen-bond donors (Lipinski definition) is 3. The van der Waals surface area contributed by atoms with E-state index in [1.807, 2.05) is 6.92 Å². The average molecular weight is 297 g/mol. The smallest absolute Gasteiger partial charge is 0.326 e. The molecule has 3 N–H and O–H groups in total. The van der Waals surface area contributed by atoms with Crippen LogP contribution in [-0.4, -0.2) is 53.1 Å². The number of amides is 3. The highest BCUT2D eigenvalue weighted by Gasteiger charge is 2.36. The average Bonchev–Trinajstić information content (AvgIpc) is 2.48. The van der Waals surface area contributed by atoms with E-state index in [9.17, 15) is 19.5 Å². The lowest BCUT2D eigenvalue weighted by Crippen LogP contribution is -2.57. The van der Waals surface area contributed by atoms with Crippen molar-refractivity contribution in [1.29, 1.82) is 0 Å². The van der Waals surface area contributed by atoms with Crippen LogP contribution in [0.15, 0.2) is 0 Å². The quantitative estimate of drug-likeness (QED) is 0.708. The molecule has 0 aromatic rings. The first-order valence-corrected chi connectivity index (χ1v) is 7.58. The van der Waals surface area contributed by atoms with E-state index in [0.29, 0.717) is 38.3 Å². The summed E-state index contributed by atoms with van der Waals surface area (Å²) in [5.74, 6) is -0.586. The molecule has 0 saturated carbocycles. The van der Waals surface area contributed by atoms with Crippen LogP contribution in [0.25, 0.3) is 0 Å². The lowest BCUT2D eigenvalue weighted by Gasteiger charge is -2.38. The van der Waals surface area contributed by atoms with Crippen molar-refractivity contribution in [3.63, 3.8) is 0 Å². The third kappa shape index (κ3) is 3.86. The summed E-state index contributed by atoms with van der Waals surface area (Å²) in [7, 11) is 0. The van der Waals surface area contributed by atoms with E-state index in [2.05, 4.69) is 10.6 Å². The standard InChI is InChI=1S/C14H23N3O4/c1-2-9-5-6-17(11(7-9)13(19)20)14(21)16-10-3-4-12(18)15-8-10/h9-11H,2-8H2,1H3,(H,15,18)(H,16,21)(H,19,20). The number of nitrogens with one attached hydrogen (secondary N) is 2. The number of carbonyl (C=O) groups excluding carboxylic acids is 2. The SMILES string of the molecule is CCC1CCN(C(=O)NC2CCC(=O)NC2)C(C(=O)O)C1. The van der Waals surface area contributed by atoms with Gasteiger partial charge in [0.15, 0.2) is 0 Å². The highest BCUT2D eigenvalue weighted by molar-refractivity contribution is 5.83. The van der Waals surface area contributed by atoms with Crippen LogP contribution in [0, 0.1) is 5.92 Å². The molecule has 7 heteroatoms. The Morgan fingerprint density at radius 2 is 2.19 bits per heavy atom. The molecule has 0 radical (unpaired) electrons. The van der Waals surface area contributed by atoms with Gasteiger partial charge in [-0.3, -0.25) is 4.79 Å². The van der Waals surface area contributed by atoms with Gasteiger partial charge in [-0.15, -0.1) is 0 Å². The van der Waals surface area contributed by atoms with Crippen LogP contribution in [0.1, 0.15) is 39.0 Å². The number of carboxylic acids is 1. The highest BCUT2D eigenvalue weighted by Crippen LogP contribution is 2.25. The number of likely N-dealkylation sites (tertiary alicyclic amines) is 1. The zero-order chi connectivity index (χ0) is 15.4. The summed E-state index contributed by atoms with van der Waals surface area (Å²) >= 11 is 0. The largest absolute Gasteiger partial charge is 0.480 e. The number of rotatable bonds is 3. The molecule has 2 saturated heterocycles. The van der Waals surface area contributed by atoms with Gasteiger partial charge in [-0.2, -0.15) is 0 Å². The summed E-state index contributed by atoms with van der Waals surface area (Å²) < 4.78 is 0. The van der Waals surface area contributed by atoms with Crippen molar-refractivity contribution in [1.82, 2.24) is 15.5 Å². The second-order valence-electron chi connectivity index (χ2n) is 5.84. The third-order valence-corrected chi connectivity index (χ3v) is 4.43. The van der Waals surface area contributed by atoms with Gasteiger partial charge in [0.2, 0.25) is 5.91 Å². The summed E-state index contributed by atoms with van der Waals surface area (Å²) in [5.41, 5.74) is 0. The highest BCUT2D eigenvalue weighted by atomic mass is 16.4. The van der Waals surface area contributed by atoms with Crippen LogP contribution < -0.4 is 10.6 Å². The zero-order valence-electron chi connectivity index (χ0n) is 12.3. The molecule has 0 aromatic carbocycles. The summed E-state index contributed by atoms with van der Waals surface area (Å²) in [5, 5.41) is 14.9. The number of nitrogens with zero attached hydrogens (tertiary/aromatic N) is 1.